The van der Waals surface area contributed by atoms with Crippen molar-refractivity contribution in [3.8, 4) is 11.5 Å². The number of likely N-dealkylation sites (N-methyl/N-ethyl adjacent to an activating group) is 1. The van der Waals surface area contributed by atoms with Gasteiger partial charge in [0.15, 0.2) is 11.5 Å². The van der Waals surface area contributed by atoms with Gasteiger partial charge in [-0.2, -0.15) is 0 Å². The van der Waals surface area contributed by atoms with Crippen molar-refractivity contribution in [2.24, 2.45) is 0 Å². The molecule has 0 radical (unpaired) electrons. The largest absolute Gasteiger partial charge is 0.493 e. The van der Waals surface area contributed by atoms with Crippen LogP contribution in [-0.4, -0.2) is 62.7 Å². The minimum atomic E-state index is 0.0393. The summed E-state index contributed by atoms with van der Waals surface area (Å²) >= 11 is 0. The number of nitrogens with zero attached hydrogens (tertiary/aromatic N) is 2. The molecule has 1 saturated heterocycles. The maximum Gasteiger partial charge on any atom is 0.246 e. The summed E-state index contributed by atoms with van der Waals surface area (Å²) in [6, 6.07) is 6.00. The second-order valence-corrected chi connectivity index (χ2v) is 6.16. The van der Waals surface area contributed by atoms with Crippen LogP contribution in [0.25, 0.3) is 6.08 Å². The molecule has 0 atom stereocenters. The fourth-order valence-corrected chi connectivity index (χ4v) is 2.91. The summed E-state index contributed by atoms with van der Waals surface area (Å²) in [7, 11) is 5.63. The summed E-state index contributed by atoms with van der Waals surface area (Å²) in [4.78, 5) is 16.5. The van der Waals surface area contributed by atoms with E-state index in [0.717, 1.165) is 31.5 Å². The SMILES string of the molecule is CCOc1ccc(/C=C/C(=O)N(C)C2CCN(C)CC2)cc1OC. The number of hydrogen-bond acceptors (Lipinski definition) is 4. The van der Waals surface area contributed by atoms with E-state index in [2.05, 4.69) is 11.9 Å². The monoisotopic (exact) mass is 332 g/mol. The predicted molar refractivity (Wildman–Crippen MR) is 96.5 cm³/mol. The van der Waals surface area contributed by atoms with Gasteiger partial charge in [-0.25, -0.2) is 0 Å². The van der Waals surface area contributed by atoms with Crippen molar-refractivity contribution in [1.82, 2.24) is 9.80 Å². The smallest absolute Gasteiger partial charge is 0.246 e. The zero-order chi connectivity index (χ0) is 17.5. The van der Waals surface area contributed by atoms with Gasteiger partial charge in [0.1, 0.15) is 0 Å². The molecule has 0 aromatic heterocycles. The minimum absolute atomic E-state index is 0.0393. The number of amides is 1. The van der Waals surface area contributed by atoms with Gasteiger partial charge in [0.2, 0.25) is 5.91 Å². The van der Waals surface area contributed by atoms with Crippen molar-refractivity contribution in [2.45, 2.75) is 25.8 Å². The van der Waals surface area contributed by atoms with Gasteiger partial charge in [-0.15, -0.1) is 0 Å². The maximum absolute atomic E-state index is 12.4. The molecule has 1 aromatic carbocycles. The highest BCUT2D eigenvalue weighted by atomic mass is 16.5. The lowest BCUT2D eigenvalue weighted by molar-refractivity contribution is -0.127. The topological polar surface area (TPSA) is 42.0 Å². The van der Waals surface area contributed by atoms with E-state index in [0.29, 0.717) is 24.1 Å². The second-order valence-electron chi connectivity index (χ2n) is 6.16. The van der Waals surface area contributed by atoms with Crippen LogP contribution in [0.4, 0.5) is 0 Å². The minimum Gasteiger partial charge on any atom is -0.493 e. The van der Waals surface area contributed by atoms with E-state index < -0.39 is 0 Å². The average Bonchev–Trinajstić information content (AvgIpc) is 2.60. The number of methoxy groups -OCH3 is 1. The first-order chi connectivity index (χ1) is 11.5. The van der Waals surface area contributed by atoms with Crippen LogP contribution in [0.2, 0.25) is 0 Å². The third-order valence-corrected chi connectivity index (χ3v) is 4.49. The first kappa shape index (κ1) is 18.3. The van der Waals surface area contributed by atoms with Crippen LogP contribution in [0.1, 0.15) is 25.3 Å². The third kappa shape index (κ3) is 4.74. The van der Waals surface area contributed by atoms with Crippen LogP contribution in [0.15, 0.2) is 24.3 Å². The Kier molecular flexibility index (Phi) is 6.67. The highest BCUT2D eigenvalue weighted by molar-refractivity contribution is 5.91. The molecule has 2 rings (SSSR count). The Morgan fingerprint density at radius 1 is 1.33 bits per heavy atom. The lowest BCUT2D eigenvalue weighted by atomic mass is 10.0. The Bertz CT molecular complexity index is 578. The molecule has 5 heteroatoms. The summed E-state index contributed by atoms with van der Waals surface area (Å²) in [5.41, 5.74) is 0.917. The third-order valence-electron chi connectivity index (χ3n) is 4.49. The van der Waals surface area contributed by atoms with Gasteiger partial charge >= 0.3 is 0 Å². The highest BCUT2D eigenvalue weighted by Crippen LogP contribution is 2.28. The van der Waals surface area contributed by atoms with E-state index in [1.54, 1.807) is 13.2 Å². The van der Waals surface area contributed by atoms with Crippen molar-refractivity contribution in [3.63, 3.8) is 0 Å². The van der Waals surface area contributed by atoms with Gasteiger partial charge in [-0.3, -0.25) is 4.79 Å². The number of hydrogen-bond donors (Lipinski definition) is 0. The highest BCUT2D eigenvalue weighted by Gasteiger charge is 2.22. The molecular formula is C19H28N2O3. The molecule has 0 N–H and O–H groups in total. The quantitative estimate of drug-likeness (QED) is 0.751. The van der Waals surface area contributed by atoms with Crippen molar-refractivity contribution in [3.05, 3.63) is 29.8 Å². The number of likely N-dealkylation sites (tertiary alicyclic amines) is 1. The van der Waals surface area contributed by atoms with Crippen LogP contribution in [0.3, 0.4) is 0 Å². The van der Waals surface area contributed by atoms with Crippen LogP contribution in [0, 0.1) is 0 Å². The second kappa shape index (κ2) is 8.73. The normalized spacial score (nSPS) is 16.3. The molecule has 1 heterocycles. The molecule has 1 aliphatic rings. The van der Waals surface area contributed by atoms with Crippen molar-refractivity contribution < 1.29 is 14.3 Å². The molecule has 0 unspecified atom stereocenters. The molecule has 0 saturated carbocycles. The first-order valence-corrected chi connectivity index (χ1v) is 8.49. The van der Waals surface area contributed by atoms with Gasteiger partial charge in [0.25, 0.3) is 0 Å². The lowest BCUT2D eigenvalue weighted by Gasteiger charge is -2.34. The average molecular weight is 332 g/mol. The van der Waals surface area contributed by atoms with Gasteiger partial charge < -0.3 is 19.3 Å². The standard InChI is InChI=1S/C19H28N2O3/c1-5-24-17-8-6-15(14-18(17)23-4)7-9-19(22)21(3)16-10-12-20(2)13-11-16/h6-9,14,16H,5,10-13H2,1-4H3/b9-7+. The van der Waals surface area contributed by atoms with E-state index in [4.69, 9.17) is 9.47 Å². The lowest BCUT2D eigenvalue weighted by Crippen LogP contribution is -2.43. The molecule has 0 spiro atoms. The van der Waals surface area contributed by atoms with Crippen molar-refractivity contribution >= 4 is 12.0 Å². The Hall–Kier alpha value is -2.01. The fraction of sp³-hybridized carbons (Fsp3) is 0.526. The molecule has 5 nitrogen and oxygen atoms in total. The molecule has 1 aromatic rings. The summed E-state index contributed by atoms with van der Waals surface area (Å²) in [6.45, 7) is 4.61. The molecule has 1 aliphatic heterocycles. The summed E-state index contributed by atoms with van der Waals surface area (Å²) in [5, 5.41) is 0. The van der Waals surface area contributed by atoms with E-state index in [9.17, 15) is 4.79 Å². The fourth-order valence-electron chi connectivity index (χ4n) is 2.91. The van der Waals surface area contributed by atoms with Gasteiger partial charge in [-0.1, -0.05) is 6.07 Å². The van der Waals surface area contributed by atoms with Crippen LogP contribution >= 0.6 is 0 Å². The summed E-state index contributed by atoms with van der Waals surface area (Å²) < 4.78 is 10.8. The maximum atomic E-state index is 12.4. The number of ether oxygens (including phenoxy) is 2. The van der Waals surface area contributed by atoms with Crippen LogP contribution in [0.5, 0.6) is 11.5 Å². The number of carbonyl (C=O) groups is 1. The molecule has 24 heavy (non-hydrogen) atoms. The van der Waals surface area contributed by atoms with Crippen molar-refractivity contribution in [2.75, 3.05) is 40.9 Å². The molecule has 132 valence electrons. The zero-order valence-corrected chi connectivity index (χ0v) is 15.1. The predicted octanol–water partition coefficient (Wildman–Crippen LogP) is 2.66. The van der Waals surface area contributed by atoms with Gasteiger partial charge in [-0.05, 0) is 63.7 Å². The number of benzene rings is 1. The van der Waals surface area contributed by atoms with Gasteiger partial charge in [0.05, 0.1) is 13.7 Å². The Labute approximate surface area is 144 Å². The molecule has 1 amide bonds. The van der Waals surface area contributed by atoms with E-state index >= 15 is 0 Å². The van der Waals surface area contributed by atoms with Crippen LogP contribution in [-0.2, 0) is 4.79 Å². The zero-order valence-electron chi connectivity index (χ0n) is 15.1. The summed E-state index contributed by atoms with van der Waals surface area (Å²) in [5.74, 6) is 1.43. The number of piperidine rings is 1. The number of carbonyl (C=O) groups excluding carboxylic acids is 1. The summed E-state index contributed by atoms with van der Waals surface area (Å²) in [6.07, 6.45) is 5.52. The molecule has 1 fully saturated rings. The number of rotatable bonds is 6. The van der Waals surface area contributed by atoms with Crippen molar-refractivity contribution in [1.29, 1.82) is 0 Å². The first-order valence-electron chi connectivity index (χ1n) is 8.49. The Balaban J connectivity index is 2.00. The molecule has 0 bridgehead atoms. The van der Waals surface area contributed by atoms with Crippen LogP contribution < -0.4 is 9.47 Å². The Morgan fingerprint density at radius 2 is 2.04 bits per heavy atom. The Morgan fingerprint density at radius 3 is 2.67 bits per heavy atom. The van der Waals surface area contributed by atoms with Gasteiger partial charge in [0, 0.05) is 19.2 Å². The molecular weight excluding hydrogens is 304 g/mol. The van der Waals surface area contributed by atoms with E-state index in [1.165, 1.54) is 0 Å². The van der Waals surface area contributed by atoms with E-state index in [-0.39, 0.29) is 5.91 Å². The molecule has 0 aliphatic carbocycles. The van der Waals surface area contributed by atoms with E-state index in [1.807, 2.05) is 43.1 Å².